The summed E-state index contributed by atoms with van der Waals surface area (Å²) in [6, 6.07) is 3.84. The fourth-order valence-electron chi connectivity index (χ4n) is 1.72. The average molecular weight is 283 g/mol. The predicted octanol–water partition coefficient (Wildman–Crippen LogP) is 1.86. The van der Waals surface area contributed by atoms with Crippen LogP contribution in [0, 0.1) is 5.82 Å². The van der Waals surface area contributed by atoms with Crippen molar-refractivity contribution in [1.82, 2.24) is 4.90 Å². The number of hydrogen-bond donors (Lipinski definition) is 0. The molecule has 1 rings (SSSR count). The highest BCUT2D eigenvalue weighted by Crippen LogP contribution is 2.19. The van der Waals surface area contributed by atoms with E-state index in [1.807, 2.05) is 6.92 Å². The van der Waals surface area contributed by atoms with Crippen LogP contribution in [0.25, 0.3) is 0 Å². The highest BCUT2D eigenvalue weighted by atomic mass is 19.1. The Bertz CT molecular complexity index is 490. The fourth-order valence-corrected chi connectivity index (χ4v) is 1.72. The third-order valence-corrected chi connectivity index (χ3v) is 2.73. The number of amides is 1. The molecule has 110 valence electrons. The van der Waals surface area contributed by atoms with E-state index in [2.05, 4.69) is 4.74 Å². The standard InChI is InChI=1S/C14H18FNO4/c1-4-7-16(9-13(17)20-3)14(18)10-5-6-11(15)12(8-10)19-2/h5-6,8H,4,7,9H2,1-3H3. The lowest BCUT2D eigenvalue weighted by Crippen LogP contribution is -2.36. The molecule has 0 unspecified atom stereocenters. The minimum Gasteiger partial charge on any atom is -0.494 e. The van der Waals surface area contributed by atoms with Gasteiger partial charge in [-0.05, 0) is 24.6 Å². The van der Waals surface area contributed by atoms with Crippen molar-refractivity contribution >= 4 is 11.9 Å². The van der Waals surface area contributed by atoms with Gasteiger partial charge in [0.2, 0.25) is 0 Å². The van der Waals surface area contributed by atoms with Gasteiger partial charge in [0.05, 0.1) is 14.2 Å². The molecule has 0 bridgehead atoms. The highest BCUT2D eigenvalue weighted by Gasteiger charge is 2.19. The van der Waals surface area contributed by atoms with Gasteiger partial charge in [-0.15, -0.1) is 0 Å². The number of benzene rings is 1. The molecule has 0 aliphatic rings. The van der Waals surface area contributed by atoms with Crippen molar-refractivity contribution < 1.29 is 23.5 Å². The Morgan fingerprint density at radius 2 is 2.00 bits per heavy atom. The van der Waals surface area contributed by atoms with Crippen LogP contribution in [0.15, 0.2) is 18.2 Å². The number of esters is 1. The van der Waals surface area contributed by atoms with Crippen molar-refractivity contribution in [2.45, 2.75) is 13.3 Å². The van der Waals surface area contributed by atoms with Gasteiger partial charge < -0.3 is 14.4 Å². The molecule has 0 saturated carbocycles. The summed E-state index contributed by atoms with van der Waals surface area (Å²) in [6.07, 6.45) is 0.695. The second-order valence-corrected chi connectivity index (χ2v) is 4.15. The molecule has 1 aromatic carbocycles. The maximum Gasteiger partial charge on any atom is 0.325 e. The van der Waals surface area contributed by atoms with Crippen LogP contribution in [0.1, 0.15) is 23.7 Å². The number of halogens is 1. The van der Waals surface area contributed by atoms with E-state index >= 15 is 0 Å². The molecule has 0 heterocycles. The molecule has 1 amide bonds. The van der Waals surface area contributed by atoms with E-state index in [1.54, 1.807) is 0 Å². The van der Waals surface area contributed by atoms with Gasteiger partial charge in [-0.3, -0.25) is 9.59 Å². The number of carbonyl (C=O) groups is 2. The van der Waals surface area contributed by atoms with Crippen LogP contribution < -0.4 is 4.74 Å². The SMILES string of the molecule is CCCN(CC(=O)OC)C(=O)c1ccc(F)c(OC)c1. The van der Waals surface area contributed by atoms with Crippen LogP contribution in [-0.4, -0.2) is 44.1 Å². The summed E-state index contributed by atoms with van der Waals surface area (Å²) in [4.78, 5) is 25.0. The van der Waals surface area contributed by atoms with Crippen LogP contribution in [0.2, 0.25) is 0 Å². The van der Waals surface area contributed by atoms with Gasteiger partial charge in [0.15, 0.2) is 11.6 Å². The van der Waals surface area contributed by atoms with Crippen molar-refractivity contribution in [3.05, 3.63) is 29.6 Å². The van der Waals surface area contributed by atoms with E-state index in [9.17, 15) is 14.0 Å². The molecule has 5 nitrogen and oxygen atoms in total. The first-order valence-electron chi connectivity index (χ1n) is 6.23. The van der Waals surface area contributed by atoms with Gasteiger partial charge in [0, 0.05) is 12.1 Å². The zero-order valence-corrected chi connectivity index (χ0v) is 11.8. The number of methoxy groups -OCH3 is 2. The lowest BCUT2D eigenvalue weighted by Gasteiger charge is -2.21. The van der Waals surface area contributed by atoms with Crippen molar-refractivity contribution in [2.24, 2.45) is 0 Å². The third-order valence-electron chi connectivity index (χ3n) is 2.73. The van der Waals surface area contributed by atoms with Gasteiger partial charge in [0.25, 0.3) is 5.91 Å². The summed E-state index contributed by atoms with van der Waals surface area (Å²) in [5.74, 6) is -1.42. The van der Waals surface area contributed by atoms with E-state index in [-0.39, 0.29) is 23.8 Å². The summed E-state index contributed by atoms with van der Waals surface area (Å²) in [5.41, 5.74) is 0.264. The summed E-state index contributed by atoms with van der Waals surface area (Å²) in [6.45, 7) is 2.17. The summed E-state index contributed by atoms with van der Waals surface area (Å²) < 4.78 is 22.7. The zero-order chi connectivity index (χ0) is 15.1. The van der Waals surface area contributed by atoms with E-state index in [0.29, 0.717) is 13.0 Å². The second-order valence-electron chi connectivity index (χ2n) is 4.15. The van der Waals surface area contributed by atoms with Crippen molar-refractivity contribution in [1.29, 1.82) is 0 Å². The molecule has 0 aromatic heterocycles. The third kappa shape index (κ3) is 3.94. The Morgan fingerprint density at radius 3 is 2.55 bits per heavy atom. The summed E-state index contributed by atoms with van der Waals surface area (Å²) in [5, 5.41) is 0. The normalized spacial score (nSPS) is 10.0. The molecule has 0 radical (unpaired) electrons. The molecule has 0 fully saturated rings. The maximum atomic E-state index is 13.3. The molecule has 6 heteroatoms. The molecule has 0 atom stereocenters. The number of hydrogen-bond acceptors (Lipinski definition) is 4. The maximum absolute atomic E-state index is 13.3. The first-order chi connectivity index (χ1) is 9.53. The van der Waals surface area contributed by atoms with Gasteiger partial charge in [-0.2, -0.15) is 0 Å². The van der Waals surface area contributed by atoms with Gasteiger partial charge in [-0.25, -0.2) is 4.39 Å². The number of ether oxygens (including phenoxy) is 2. The Labute approximate surface area is 117 Å². The average Bonchev–Trinajstić information content (AvgIpc) is 2.46. The summed E-state index contributed by atoms with van der Waals surface area (Å²) >= 11 is 0. The minimum atomic E-state index is -0.543. The molecule has 1 aromatic rings. The molecule has 20 heavy (non-hydrogen) atoms. The van der Waals surface area contributed by atoms with Crippen LogP contribution in [0.3, 0.4) is 0 Å². The molecule has 0 aliphatic heterocycles. The van der Waals surface area contributed by atoms with Crippen molar-refractivity contribution in [3.63, 3.8) is 0 Å². The fraction of sp³-hybridized carbons (Fsp3) is 0.429. The quantitative estimate of drug-likeness (QED) is 0.748. The van der Waals surface area contributed by atoms with Crippen molar-refractivity contribution in [2.75, 3.05) is 27.3 Å². The van der Waals surface area contributed by atoms with Crippen molar-refractivity contribution in [3.8, 4) is 5.75 Å². The Kier molecular flexibility index (Phi) is 5.96. The van der Waals surface area contributed by atoms with Crippen LogP contribution in [0.5, 0.6) is 5.75 Å². The molecule has 0 saturated heterocycles. The lowest BCUT2D eigenvalue weighted by molar-refractivity contribution is -0.141. The van der Waals surface area contributed by atoms with Crippen LogP contribution in [-0.2, 0) is 9.53 Å². The van der Waals surface area contributed by atoms with E-state index in [0.717, 1.165) is 6.07 Å². The zero-order valence-electron chi connectivity index (χ0n) is 11.8. The predicted molar refractivity (Wildman–Crippen MR) is 71.2 cm³/mol. The topological polar surface area (TPSA) is 55.8 Å². The summed E-state index contributed by atoms with van der Waals surface area (Å²) in [7, 11) is 2.59. The van der Waals surface area contributed by atoms with Gasteiger partial charge in [-0.1, -0.05) is 6.92 Å². The van der Waals surface area contributed by atoms with Gasteiger partial charge in [0.1, 0.15) is 6.54 Å². The Morgan fingerprint density at radius 1 is 1.30 bits per heavy atom. The monoisotopic (exact) mass is 283 g/mol. The molecular formula is C14H18FNO4. The Balaban J connectivity index is 2.96. The van der Waals surface area contributed by atoms with Crippen LogP contribution in [0.4, 0.5) is 4.39 Å². The highest BCUT2D eigenvalue weighted by molar-refractivity contribution is 5.96. The molecule has 0 spiro atoms. The first kappa shape index (κ1) is 15.9. The molecular weight excluding hydrogens is 265 g/mol. The molecule has 0 aliphatic carbocycles. The first-order valence-corrected chi connectivity index (χ1v) is 6.23. The second kappa shape index (κ2) is 7.47. The smallest absolute Gasteiger partial charge is 0.325 e. The number of nitrogens with zero attached hydrogens (tertiary/aromatic N) is 1. The Hall–Kier alpha value is -2.11. The van der Waals surface area contributed by atoms with E-state index < -0.39 is 11.8 Å². The number of carbonyl (C=O) groups excluding carboxylic acids is 2. The van der Waals surface area contributed by atoms with Crippen LogP contribution >= 0.6 is 0 Å². The van der Waals surface area contributed by atoms with Gasteiger partial charge >= 0.3 is 5.97 Å². The lowest BCUT2D eigenvalue weighted by atomic mass is 10.1. The largest absolute Gasteiger partial charge is 0.494 e. The molecule has 0 N–H and O–H groups in total. The minimum absolute atomic E-state index is 0.00892. The van der Waals surface area contributed by atoms with E-state index in [4.69, 9.17) is 4.74 Å². The van der Waals surface area contributed by atoms with E-state index in [1.165, 1.54) is 31.3 Å². The number of rotatable bonds is 6.